The number of aliphatic hydroxyl groups is 2. The zero-order valence-electron chi connectivity index (χ0n) is 60.5. The number of amides is 11. The number of fused-ring (bicyclic) bond motifs is 23. The number of nitrogens with zero attached hydrogens (tertiary/aromatic N) is 1. The fourth-order valence-electron chi connectivity index (χ4n) is 12.0. The monoisotopic (exact) mass is 1460 g/mol. The molecule has 13 unspecified atom stereocenters. The van der Waals surface area contributed by atoms with Crippen LogP contribution in [0.2, 0.25) is 0 Å². The highest BCUT2D eigenvalue weighted by Gasteiger charge is 2.41. The lowest BCUT2D eigenvalue weighted by atomic mass is 9.97. The van der Waals surface area contributed by atoms with Gasteiger partial charge in [-0.3, -0.25) is 62.3 Å². The molecule has 3 aliphatic rings. The van der Waals surface area contributed by atoms with E-state index in [9.17, 15) is 92.7 Å². The number of phenolic OH excluding ortho intramolecular Hbond substituents is 1. The molecule has 0 spiro atoms. The van der Waals surface area contributed by atoms with E-state index in [1.165, 1.54) is 74.7 Å². The lowest BCUT2D eigenvalue weighted by Crippen LogP contribution is -2.62. The zero-order valence-corrected chi connectivity index (χ0v) is 60.5. The number of carbonyl (C=O) groups is 14. The molecule has 0 aromatic heterocycles. The van der Waals surface area contributed by atoms with Crippen molar-refractivity contribution in [2.24, 2.45) is 23.3 Å². The smallest absolute Gasteiger partial charge is 0.334 e. The van der Waals surface area contributed by atoms with Gasteiger partial charge in [0.05, 0.1) is 18.6 Å². The Morgan fingerprint density at radius 3 is 1.76 bits per heavy atom. The first-order chi connectivity index (χ1) is 49.3. The summed E-state index contributed by atoms with van der Waals surface area (Å²) in [5.41, 5.74) is 12.0. The number of hydrogen-bond acceptors (Lipinski definition) is 19. The number of unbranched alkanes of at least 4 members (excludes halogenated alkanes) is 7. The number of ether oxygens (including phenoxy) is 1. The molecule has 1 fully saturated rings. The van der Waals surface area contributed by atoms with Crippen molar-refractivity contribution in [1.82, 2.24) is 52.8 Å². The number of primary amides is 1. The number of nitrogens with one attached hydrogen (secondary N) is 9. The Balaban J connectivity index is 1.75. The fraction of sp³-hybridized carbons (Fsp3) is 0.639. The summed E-state index contributed by atoms with van der Waals surface area (Å²) in [6.07, 6.45) is 2.79. The summed E-state index contributed by atoms with van der Waals surface area (Å²) in [5, 5.41) is 74.1. The van der Waals surface area contributed by atoms with E-state index in [1.54, 1.807) is 13.8 Å². The Bertz CT molecular complexity index is 3210. The van der Waals surface area contributed by atoms with Crippen LogP contribution in [0.1, 0.15) is 194 Å². The molecular weight excluding hydrogens is 1350 g/mol. The maximum atomic E-state index is 14.8. The molecule has 2 aromatic carbocycles. The van der Waals surface area contributed by atoms with E-state index >= 15 is 0 Å². The van der Waals surface area contributed by atoms with E-state index in [4.69, 9.17) is 16.2 Å². The number of carbonyl (C=O) groups excluding carboxylic acids is 12. The Hall–Kier alpha value is -9.30. The number of carboxylic acid groups (broad SMARTS) is 2. The number of aliphatic carboxylic acids is 2. The molecule has 0 saturated carbocycles. The largest absolute Gasteiger partial charge is 0.508 e. The highest BCUT2D eigenvalue weighted by Crippen LogP contribution is 2.23. The van der Waals surface area contributed by atoms with Gasteiger partial charge in [0.2, 0.25) is 65.0 Å². The third-order valence-corrected chi connectivity index (χ3v) is 18.3. The number of aliphatic hydroxyl groups excluding tert-OH is 2. The summed E-state index contributed by atoms with van der Waals surface area (Å²) in [5.74, 6) is -14.7. The first-order valence-corrected chi connectivity index (χ1v) is 36.2. The van der Waals surface area contributed by atoms with E-state index in [1.807, 2.05) is 0 Å². The number of phenols is 1. The van der Waals surface area contributed by atoms with E-state index < -0.39 is 213 Å². The highest BCUT2D eigenvalue weighted by atomic mass is 16.5. The molecule has 32 heteroatoms. The predicted molar refractivity (Wildman–Crippen MR) is 379 cm³/mol. The second kappa shape index (κ2) is 45.0. The van der Waals surface area contributed by atoms with Crippen molar-refractivity contribution in [3.05, 3.63) is 59.7 Å². The molecule has 0 radical (unpaired) electrons. The Kier molecular flexibility index (Phi) is 37.7. The fourth-order valence-corrected chi connectivity index (χ4v) is 12.0. The normalized spacial score (nSPS) is 22.0. The van der Waals surface area contributed by atoms with Gasteiger partial charge in [-0.25, -0.2) is 4.79 Å². The number of benzene rings is 2. The van der Waals surface area contributed by atoms with Crippen molar-refractivity contribution in [3.8, 4) is 11.5 Å². The summed E-state index contributed by atoms with van der Waals surface area (Å²) in [7, 11) is 0. The summed E-state index contributed by atoms with van der Waals surface area (Å²) in [4.78, 5) is 195. The van der Waals surface area contributed by atoms with Gasteiger partial charge in [0, 0.05) is 38.6 Å². The summed E-state index contributed by atoms with van der Waals surface area (Å²) in [6.45, 7) is 10.1. The number of hydrogen-bond donors (Lipinski definition) is 16. The average Bonchev–Trinajstić information content (AvgIpc) is 1.44. The molecule has 1 saturated heterocycles. The lowest BCUT2D eigenvalue weighted by molar-refractivity contribution is -0.143. The van der Waals surface area contributed by atoms with E-state index in [0.717, 1.165) is 43.9 Å². The Morgan fingerprint density at radius 1 is 0.615 bits per heavy atom. The molecule has 3 heterocycles. The summed E-state index contributed by atoms with van der Waals surface area (Å²) >= 11 is 0. The van der Waals surface area contributed by atoms with Gasteiger partial charge in [-0.15, -0.1) is 0 Å². The third-order valence-electron chi connectivity index (χ3n) is 18.3. The van der Waals surface area contributed by atoms with Gasteiger partial charge < -0.3 is 94.5 Å². The third kappa shape index (κ3) is 31.0. The molecule has 32 nitrogen and oxygen atoms in total. The molecule has 3 aliphatic heterocycles. The van der Waals surface area contributed by atoms with Crippen LogP contribution in [0.15, 0.2) is 48.5 Å². The van der Waals surface area contributed by atoms with Crippen LogP contribution in [-0.4, -0.2) is 199 Å². The maximum absolute atomic E-state index is 14.8. The second-order valence-corrected chi connectivity index (χ2v) is 27.5. The van der Waals surface area contributed by atoms with Crippen molar-refractivity contribution in [2.45, 2.75) is 268 Å². The minimum Gasteiger partial charge on any atom is -0.508 e. The molecular formula is C72H110N12O20. The van der Waals surface area contributed by atoms with Gasteiger partial charge in [0.1, 0.15) is 71.9 Å². The minimum atomic E-state index is -1.98. The summed E-state index contributed by atoms with van der Waals surface area (Å²) in [6, 6.07) is -4.88. The van der Waals surface area contributed by atoms with Gasteiger partial charge in [0.15, 0.2) is 0 Å². The topological polar surface area (TPSA) is 513 Å². The van der Waals surface area contributed by atoms with Crippen LogP contribution in [0.3, 0.4) is 0 Å². The molecule has 0 aliphatic carbocycles. The molecule has 578 valence electrons. The highest BCUT2D eigenvalue weighted by molar-refractivity contribution is 5.99. The standard InChI is InChI=1S/C72H110N12O20/c1-7-42(4)61-72(103)104-49-28-24-46(25-29-49)39-55(80-64(95)50(20-16-36-73)77-65(96)51(31-34-59(90)91)76-58(89)40-48(87)19-15-13-11-9-8-10-12-14-18-41(2)3)68(99)83-62(44(6)85)70(101)79-53(32-35-60(92)93)63(94)75-43(5)71(102)84-37-17-21-56(84)69(100)78-52(30-33-57(74)88)66(97)81-54(67(98)82-61)38-45-22-26-47(86)27-23-45/h22-29,41-44,48,50-56,61-62,85-87H,7-21,30-40,73H2,1-6H3,(H2,74,88)(H,75,94)(H,76,89)(H,77,96)(H,78,100)(H,79,101)(H,80,95)(H,81,97)(H,82,98)(H,83,99)(H,90,91)(H,92,93). The van der Waals surface area contributed by atoms with Crippen LogP contribution in [0.4, 0.5) is 0 Å². The van der Waals surface area contributed by atoms with Crippen molar-refractivity contribution in [3.63, 3.8) is 0 Å². The number of nitrogens with two attached hydrogens (primary N) is 2. The van der Waals surface area contributed by atoms with Crippen molar-refractivity contribution >= 4 is 82.9 Å². The van der Waals surface area contributed by atoms with Gasteiger partial charge in [-0.2, -0.15) is 0 Å². The zero-order chi connectivity index (χ0) is 77.2. The molecule has 2 aromatic rings. The van der Waals surface area contributed by atoms with E-state index in [-0.39, 0.29) is 62.3 Å². The minimum absolute atomic E-state index is 0.0229. The van der Waals surface area contributed by atoms with Crippen molar-refractivity contribution in [1.29, 1.82) is 0 Å². The Morgan fingerprint density at radius 2 is 1.17 bits per heavy atom. The van der Waals surface area contributed by atoms with Crippen LogP contribution in [0, 0.1) is 11.8 Å². The molecule has 2 bridgehead atoms. The van der Waals surface area contributed by atoms with Crippen molar-refractivity contribution in [2.75, 3.05) is 13.1 Å². The molecule has 5 rings (SSSR count). The SMILES string of the molecule is CCC(C)C1NC(=O)C(Cc2ccc(O)cc2)NC(=O)C(CCC(N)=O)NC(=O)C2CCCN2C(=O)C(C)NC(=O)C(CCC(=O)O)NC(=O)C(C(C)O)NC(=O)C(NC(=O)C(CCCN)NC(=O)C(CCC(=O)O)NC(=O)CC(O)CCCCCCCCCCC(C)C)Cc2ccc(cc2)OC1=O. The van der Waals surface area contributed by atoms with Gasteiger partial charge in [0.25, 0.3) is 0 Å². The predicted octanol–water partition coefficient (Wildman–Crippen LogP) is 0.939. The molecule has 13 atom stereocenters. The lowest BCUT2D eigenvalue weighted by Gasteiger charge is -2.30. The van der Waals surface area contributed by atoms with E-state index in [0.29, 0.717) is 30.7 Å². The van der Waals surface area contributed by atoms with Crippen LogP contribution in [0.5, 0.6) is 11.5 Å². The molecule has 11 amide bonds. The van der Waals surface area contributed by atoms with Crippen LogP contribution < -0.4 is 64.1 Å². The Labute approximate surface area is 606 Å². The van der Waals surface area contributed by atoms with Gasteiger partial charge >= 0.3 is 17.9 Å². The van der Waals surface area contributed by atoms with Gasteiger partial charge in [-0.1, -0.05) is 116 Å². The number of esters is 1. The maximum Gasteiger partial charge on any atom is 0.334 e. The first kappa shape index (κ1) is 87.1. The second-order valence-electron chi connectivity index (χ2n) is 27.5. The quantitative estimate of drug-likeness (QED) is 0.0198. The van der Waals surface area contributed by atoms with E-state index in [2.05, 4.69) is 61.7 Å². The van der Waals surface area contributed by atoms with Crippen LogP contribution in [0.25, 0.3) is 0 Å². The molecule has 18 N–H and O–H groups in total. The number of aromatic hydroxyl groups is 1. The average molecular weight is 1460 g/mol. The van der Waals surface area contributed by atoms with Crippen molar-refractivity contribution < 1.29 is 97.4 Å². The molecule has 104 heavy (non-hydrogen) atoms. The number of rotatable bonds is 35. The van der Waals surface area contributed by atoms with Crippen LogP contribution >= 0.6 is 0 Å². The summed E-state index contributed by atoms with van der Waals surface area (Å²) < 4.78 is 5.82. The van der Waals surface area contributed by atoms with Crippen LogP contribution in [-0.2, 0) is 80.0 Å². The first-order valence-electron chi connectivity index (χ1n) is 36.2. The van der Waals surface area contributed by atoms with Gasteiger partial charge in [-0.05, 0) is 119 Å². The number of carboxylic acids is 2.